The number of hydrogen-bond acceptors (Lipinski definition) is 3. The summed E-state index contributed by atoms with van der Waals surface area (Å²) in [4.78, 5) is 16.4. The maximum atomic E-state index is 12.6. The monoisotopic (exact) mass is 345 g/mol. The van der Waals surface area contributed by atoms with E-state index in [9.17, 15) is 4.79 Å². The first-order valence-corrected chi connectivity index (χ1v) is 9.90. The van der Waals surface area contributed by atoms with Crippen LogP contribution < -0.4 is 10.2 Å². The first-order valence-electron chi connectivity index (χ1n) is 9.09. The number of rotatable bonds is 5. The summed E-state index contributed by atoms with van der Waals surface area (Å²) in [6.45, 7) is 2.97. The van der Waals surface area contributed by atoms with Crippen molar-refractivity contribution in [3.05, 3.63) is 45.5 Å². The molecular weight excluding hydrogens is 320 g/mol. The van der Waals surface area contributed by atoms with E-state index < -0.39 is 0 Å². The summed E-state index contributed by atoms with van der Waals surface area (Å²) in [6.07, 6.45) is 9.03. The lowest BCUT2D eigenvalue weighted by Gasteiger charge is -2.23. The number of aryl methyl sites for hydroxylation is 2. The molecular formula is C19H25N2O2S+. The van der Waals surface area contributed by atoms with E-state index >= 15 is 0 Å². The molecule has 3 heterocycles. The van der Waals surface area contributed by atoms with Crippen LogP contribution in [0.15, 0.2) is 28.9 Å². The molecule has 1 aliphatic carbocycles. The van der Waals surface area contributed by atoms with Gasteiger partial charge in [-0.15, -0.1) is 11.3 Å². The van der Waals surface area contributed by atoms with Crippen LogP contribution in [0.4, 0.5) is 0 Å². The minimum Gasteiger partial charge on any atom is -0.463 e. The lowest BCUT2D eigenvalue weighted by atomic mass is 9.99. The minimum absolute atomic E-state index is 0.0737. The summed E-state index contributed by atoms with van der Waals surface area (Å²) in [5.41, 5.74) is 1.39. The number of fused-ring (bicyclic) bond motifs is 1. The van der Waals surface area contributed by atoms with Gasteiger partial charge in [-0.2, -0.15) is 0 Å². The summed E-state index contributed by atoms with van der Waals surface area (Å²) in [6, 6.07) is 6.30. The molecule has 5 heteroatoms. The van der Waals surface area contributed by atoms with Crippen molar-refractivity contribution in [1.29, 1.82) is 0 Å². The Morgan fingerprint density at radius 1 is 1.25 bits per heavy atom. The molecule has 2 N–H and O–H groups in total. The second-order valence-corrected chi connectivity index (χ2v) is 8.05. The Balaban J connectivity index is 1.43. The number of quaternary nitrogens is 1. The SMILES string of the molecule is O=C(NC[C@H](c1ccco1)[NH+]1CCCC1)c1cc2c(s1)CCCC2. The van der Waals surface area contributed by atoms with Crippen molar-refractivity contribution in [1.82, 2.24) is 5.32 Å². The summed E-state index contributed by atoms with van der Waals surface area (Å²) in [5, 5.41) is 3.16. The van der Waals surface area contributed by atoms with E-state index in [1.54, 1.807) is 17.6 Å². The smallest absolute Gasteiger partial charge is 0.261 e. The zero-order chi connectivity index (χ0) is 16.4. The molecule has 1 amide bonds. The van der Waals surface area contributed by atoms with Crippen molar-refractivity contribution >= 4 is 17.2 Å². The Labute approximate surface area is 146 Å². The normalized spacial score (nSPS) is 19.2. The van der Waals surface area contributed by atoms with Gasteiger partial charge in [-0.1, -0.05) is 0 Å². The number of carbonyl (C=O) groups excluding carboxylic acids is 1. The van der Waals surface area contributed by atoms with Crippen molar-refractivity contribution in [2.75, 3.05) is 19.6 Å². The molecule has 0 radical (unpaired) electrons. The van der Waals surface area contributed by atoms with Gasteiger partial charge in [0.2, 0.25) is 0 Å². The summed E-state index contributed by atoms with van der Waals surface area (Å²) in [5.74, 6) is 1.06. The van der Waals surface area contributed by atoms with E-state index in [2.05, 4.69) is 11.4 Å². The molecule has 0 saturated carbocycles. The van der Waals surface area contributed by atoms with Crippen LogP contribution in [0.25, 0.3) is 0 Å². The van der Waals surface area contributed by atoms with Crippen LogP contribution >= 0.6 is 11.3 Å². The molecule has 4 nitrogen and oxygen atoms in total. The lowest BCUT2D eigenvalue weighted by Crippen LogP contribution is -3.11. The van der Waals surface area contributed by atoms with Crippen molar-refractivity contribution in [3.8, 4) is 0 Å². The molecule has 0 unspecified atom stereocenters. The lowest BCUT2D eigenvalue weighted by molar-refractivity contribution is -0.919. The number of furan rings is 1. The fourth-order valence-electron chi connectivity index (χ4n) is 4.00. The summed E-state index contributed by atoms with van der Waals surface area (Å²) < 4.78 is 5.64. The van der Waals surface area contributed by atoms with Crippen molar-refractivity contribution in [2.24, 2.45) is 0 Å². The third-order valence-corrected chi connectivity index (χ3v) is 6.55. The van der Waals surface area contributed by atoms with Crippen molar-refractivity contribution < 1.29 is 14.1 Å². The number of thiophene rings is 1. The second-order valence-electron chi connectivity index (χ2n) is 6.91. The highest BCUT2D eigenvalue weighted by Crippen LogP contribution is 2.29. The molecule has 0 spiro atoms. The van der Waals surface area contributed by atoms with Crippen LogP contribution in [0.3, 0.4) is 0 Å². The Bertz CT molecular complexity index is 663. The van der Waals surface area contributed by atoms with Gasteiger partial charge in [0, 0.05) is 17.7 Å². The Morgan fingerprint density at radius 2 is 2.08 bits per heavy atom. The molecule has 2 aromatic rings. The highest BCUT2D eigenvalue weighted by atomic mass is 32.1. The van der Waals surface area contributed by atoms with Gasteiger partial charge in [-0.05, 0) is 49.4 Å². The van der Waals surface area contributed by atoms with Gasteiger partial charge in [-0.25, -0.2) is 0 Å². The van der Waals surface area contributed by atoms with E-state index in [1.165, 1.54) is 41.0 Å². The molecule has 2 aliphatic rings. The van der Waals surface area contributed by atoms with E-state index in [-0.39, 0.29) is 11.9 Å². The maximum absolute atomic E-state index is 12.6. The van der Waals surface area contributed by atoms with Crippen LogP contribution in [-0.4, -0.2) is 25.5 Å². The number of likely N-dealkylation sites (tertiary alicyclic amines) is 1. The highest BCUT2D eigenvalue weighted by molar-refractivity contribution is 7.14. The summed E-state index contributed by atoms with van der Waals surface area (Å²) in [7, 11) is 0. The molecule has 1 fully saturated rings. The van der Waals surface area contributed by atoms with Gasteiger partial charge in [0.05, 0.1) is 30.8 Å². The highest BCUT2D eigenvalue weighted by Gasteiger charge is 2.30. The van der Waals surface area contributed by atoms with Crippen LogP contribution in [0.5, 0.6) is 0 Å². The number of nitrogens with one attached hydrogen (secondary N) is 2. The Hall–Kier alpha value is -1.59. The average Bonchev–Trinajstić information content (AvgIpc) is 3.35. The maximum Gasteiger partial charge on any atom is 0.261 e. The molecule has 0 aromatic carbocycles. The van der Waals surface area contributed by atoms with E-state index in [0.717, 1.165) is 36.6 Å². The molecule has 0 bridgehead atoms. The number of hydrogen-bond donors (Lipinski definition) is 2. The fraction of sp³-hybridized carbons (Fsp3) is 0.526. The topological polar surface area (TPSA) is 46.7 Å². The van der Waals surface area contributed by atoms with E-state index in [4.69, 9.17) is 4.42 Å². The number of carbonyl (C=O) groups is 1. The molecule has 4 rings (SSSR count). The Kier molecular flexibility index (Phi) is 4.72. The average molecular weight is 345 g/mol. The third kappa shape index (κ3) is 3.28. The van der Waals surface area contributed by atoms with Crippen molar-refractivity contribution in [3.63, 3.8) is 0 Å². The first kappa shape index (κ1) is 15.9. The molecule has 1 saturated heterocycles. The van der Waals surface area contributed by atoms with Crippen LogP contribution in [-0.2, 0) is 12.8 Å². The predicted molar refractivity (Wildman–Crippen MR) is 94.7 cm³/mol. The molecule has 2 aromatic heterocycles. The zero-order valence-electron chi connectivity index (χ0n) is 14.0. The van der Waals surface area contributed by atoms with Crippen LogP contribution in [0, 0.1) is 0 Å². The molecule has 1 aliphatic heterocycles. The fourth-order valence-corrected chi connectivity index (χ4v) is 5.17. The van der Waals surface area contributed by atoms with Gasteiger partial charge in [0.15, 0.2) is 11.8 Å². The van der Waals surface area contributed by atoms with Crippen molar-refractivity contribution in [2.45, 2.75) is 44.6 Å². The first-order chi connectivity index (χ1) is 11.8. The van der Waals surface area contributed by atoms with Gasteiger partial charge in [-0.3, -0.25) is 4.79 Å². The van der Waals surface area contributed by atoms with E-state index in [0.29, 0.717) is 6.54 Å². The third-order valence-electron chi connectivity index (χ3n) is 5.31. The predicted octanol–water partition coefficient (Wildman–Crippen LogP) is 2.37. The van der Waals surface area contributed by atoms with Gasteiger partial charge in [0.25, 0.3) is 5.91 Å². The van der Waals surface area contributed by atoms with Crippen LogP contribution in [0.1, 0.15) is 57.6 Å². The quantitative estimate of drug-likeness (QED) is 0.874. The van der Waals surface area contributed by atoms with E-state index in [1.807, 2.05) is 12.1 Å². The van der Waals surface area contributed by atoms with Gasteiger partial charge < -0.3 is 14.6 Å². The number of amides is 1. The van der Waals surface area contributed by atoms with Crippen LogP contribution in [0.2, 0.25) is 0 Å². The van der Waals surface area contributed by atoms with Gasteiger partial charge in [0.1, 0.15) is 0 Å². The molecule has 128 valence electrons. The minimum atomic E-state index is 0.0737. The zero-order valence-corrected chi connectivity index (χ0v) is 14.8. The second kappa shape index (κ2) is 7.11. The standard InChI is InChI=1S/C19H24N2O2S/c22-19(18-12-14-6-1-2-8-17(14)24-18)20-13-15(16-7-5-11-23-16)21-9-3-4-10-21/h5,7,11-12,15H,1-4,6,8-10,13H2,(H,20,22)/p+1/t15-/m1/s1. The molecule has 24 heavy (non-hydrogen) atoms. The molecule has 1 atom stereocenters. The largest absolute Gasteiger partial charge is 0.463 e. The van der Waals surface area contributed by atoms with Gasteiger partial charge >= 0.3 is 0 Å². The Morgan fingerprint density at radius 3 is 2.83 bits per heavy atom. The summed E-state index contributed by atoms with van der Waals surface area (Å²) >= 11 is 1.68.